The molecule has 0 amide bonds. The van der Waals surface area contributed by atoms with Gasteiger partial charge in [0.1, 0.15) is 11.3 Å². The Labute approximate surface area is 131 Å². The first-order valence-electron chi connectivity index (χ1n) is 6.88. The zero-order valence-electron chi connectivity index (χ0n) is 11.9. The summed E-state index contributed by atoms with van der Waals surface area (Å²) in [7, 11) is 1.30. The molecule has 4 atom stereocenters. The van der Waals surface area contributed by atoms with Crippen LogP contribution < -0.4 is 0 Å². The van der Waals surface area contributed by atoms with Gasteiger partial charge in [-0.3, -0.25) is 9.59 Å². The van der Waals surface area contributed by atoms with Crippen molar-refractivity contribution < 1.29 is 24.2 Å². The number of carbonyl (C=O) groups is 2. The summed E-state index contributed by atoms with van der Waals surface area (Å²) in [5.41, 5.74) is -2.30. The van der Waals surface area contributed by atoms with Gasteiger partial charge in [0.05, 0.1) is 17.8 Å². The van der Waals surface area contributed by atoms with Crippen LogP contribution in [-0.2, 0) is 19.1 Å². The first kappa shape index (κ1) is 15.2. The van der Waals surface area contributed by atoms with Crippen molar-refractivity contribution in [3.63, 3.8) is 0 Å². The maximum atomic E-state index is 12.4. The number of fused-ring (bicyclic) bond motifs is 2. The number of carbonyl (C=O) groups excluding carboxylic acids is 2. The Morgan fingerprint density at radius 2 is 2.14 bits per heavy atom. The van der Waals surface area contributed by atoms with E-state index in [0.29, 0.717) is 0 Å². The summed E-state index contributed by atoms with van der Waals surface area (Å²) < 4.78 is 10.6. The molecule has 21 heavy (non-hydrogen) atoms. The molecular formula is C14H18O5S2. The Hall–Kier alpha value is -0.660. The normalized spacial score (nSPS) is 42.7. The van der Waals surface area contributed by atoms with Gasteiger partial charge in [0, 0.05) is 0 Å². The molecule has 2 aliphatic heterocycles. The quantitative estimate of drug-likeness (QED) is 0.602. The number of rotatable bonds is 2. The van der Waals surface area contributed by atoms with Crippen molar-refractivity contribution in [1.29, 1.82) is 0 Å². The summed E-state index contributed by atoms with van der Waals surface area (Å²) in [6, 6.07) is 0. The number of aliphatic hydroxyl groups is 1. The maximum absolute atomic E-state index is 12.4. The molecule has 0 saturated carbocycles. The van der Waals surface area contributed by atoms with E-state index in [2.05, 4.69) is 0 Å². The zero-order valence-corrected chi connectivity index (χ0v) is 13.5. The SMILES string of the molecule is COC(=O)[C@H]1[C@]2(C)C(=O)O[C@@]1(C1SCCCS1)C=C[C@@H]2O. The van der Waals surface area contributed by atoms with Crippen LogP contribution in [0.3, 0.4) is 0 Å². The highest BCUT2D eigenvalue weighted by Gasteiger charge is 2.72. The number of aliphatic hydroxyl groups excluding tert-OH is 1. The second-order valence-corrected chi connectivity index (χ2v) is 8.44. The molecule has 1 aliphatic carbocycles. The van der Waals surface area contributed by atoms with Gasteiger partial charge < -0.3 is 14.6 Å². The minimum Gasteiger partial charge on any atom is -0.469 e. The van der Waals surface area contributed by atoms with E-state index >= 15 is 0 Å². The number of ether oxygens (including phenoxy) is 2. The van der Waals surface area contributed by atoms with Gasteiger partial charge in [0.15, 0.2) is 5.60 Å². The summed E-state index contributed by atoms with van der Waals surface area (Å²) in [4.78, 5) is 24.8. The zero-order chi connectivity index (χ0) is 15.3. The van der Waals surface area contributed by atoms with Gasteiger partial charge in [-0.25, -0.2) is 0 Å². The Bertz CT molecular complexity index is 502. The lowest BCUT2D eigenvalue weighted by atomic mass is 9.65. The lowest BCUT2D eigenvalue weighted by molar-refractivity contribution is -0.157. The van der Waals surface area contributed by atoms with Gasteiger partial charge in [-0.15, -0.1) is 23.5 Å². The Morgan fingerprint density at radius 1 is 1.48 bits per heavy atom. The van der Waals surface area contributed by atoms with Gasteiger partial charge in [0.2, 0.25) is 0 Å². The van der Waals surface area contributed by atoms with Crippen LogP contribution in [0.1, 0.15) is 13.3 Å². The van der Waals surface area contributed by atoms with E-state index in [-0.39, 0.29) is 4.58 Å². The van der Waals surface area contributed by atoms with Crippen molar-refractivity contribution in [2.75, 3.05) is 18.6 Å². The van der Waals surface area contributed by atoms with E-state index in [1.165, 1.54) is 7.11 Å². The molecular weight excluding hydrogens is 312 g/mol. The van der Waals surface area contributed by atoms with Crippen LogP contribution in [0, 0.1) is 11.3 Å². The van der Waals surface area contributed by atoms with Crippen LogP contribution in [0.15, 0.2) is 12.2 Å². The van der Waals surface area contributed by atoms with Gasteiger partial charge in [-0.05, 0) is 30.9 Å². The standard InChI is InChI=1S/C14H18O5S2/c1-13-8(15)4-5-14(19-11(13)17,9(13)10(16)18-2)12-20-6-3-7-21-12/h4-5,8-9,12,15H,3,6-7H2,1-2H3/t8-,9-,13+,14-/m0/s1. The molecule has 2 bridgehead atoms. The predicted octanol–water partition coefficient (Wildman–Crippen LogP) is 1.20. The fourth-order valence-electron chi connectivity index (χ4n) is 3.34. The Morgan fingerprint density at radius 3 is 2.76 bits per heavy atom. The van der Waals surface area contributed by atoms with Crippen molar-refractivity contribution in [2.45, 2.75) is 29.6 Å². The molecule has 7 heteroatoms. The van der Waals surface area contributed by atoms with E-state index in [1.807, 2.05) is 0 Å². The molecule has 0 spiro atoms. The highest BCUT2D eigenvalue weighted by Crippen LogP contribution is 2.58. The topological polar surface area (TPSA) is 72.8 Å². The van der Waals surface area contributed by atoms with Crippen LogP contribution in [0.2, 0.25) is 0 Å². The fourth-order valence-corrected chi connectivity index (χ4v) is 6.58. The average Bonchev–Trinajstić information content (AvgIpc) is 2.69. The maximum Gasteiger partial charge on any atom is 0.316 e. The smallest absolute Gasteiger partial charge is 0.316 e. The van der Waals surface area contributed by atoms with Crippen molar-refractivity contribution in [3.05, 3.63) is 12.2 Å². The lowest BCUT2D eigenvalue weighted by Gasteiger charge is -2.43. The lowest BCUT2D eigenvalue weighted by Crippen LogP contribution is -2.55. The van der Waals surface area contributed by atoms with E-state index < -0.39 is 35.0 Å². The third kappa shape index (κ3) is 1.97. The first-order chi connectivity index (χ1) is 9.96. The molecule has 3 aliphatic rings. The molecule has 116 valence electrons. The summed E-state index contributed by atoms with van der Waals surface area (Å²) in [5.74, 6) is 0.0990. The van der Waals surface area contributed by atoms with Crippen LogP contribution >= 0.6 is 23.5 Å². The third-order valence-electron chi connectivity index (χ3n) is 4.55. The van der Waals surface area contributed by atoms with Crippen molar-refractivity contribution in [3.8, 4) is 0 Å². The monoisotopic (exact) mass is 330 g/mol. The molecule has 2 heterocycles. The van der Waals surface area contributed by atoms with Crippen molar-refractivity contribution in [1.82, 2.24) is 0 Å². The average molecular weight is 330 g/mol. The highest BCUT2D eigenvalue weighted by atomic mass is 32.2. The summed E-state index contributed by atoms with van der Waals surface area (Å²) in [6.45, 7) is 1.59. The molecule has 0 aromatic heterocycles. The molecule has 5 nitrogen and oxygen atoms in total. The fraction of sp³-hybridized carbons (Fsp3) is 0.714. The predicted molar refractivity (Wildman–Crippen MR) is 80.9 cm³/mol. The molecule has 3 rings (SSSR count). The number of hydrogen-bond acceptors (Lipinski definition) is 7. The number of hydrogen-bond donors (Lipinski definition) is 1. The third-order valence-corrected chi connectivity index (χ3v) is 7.75. The largest absolute Gasteiger partial charge is 0.469 e. The van der Waals surface area contributed by atoms with E-state index in [1.54, 1.807) is 42.6 Å². The molecule has 0 unspecified atom stereocenters. The summed E-state index contributed by atoms with van der Waals surface area (Å²) in [5, 5.41) is 10.2. The minimum absolute atomic E-state index is 0.0510. The van der Waals surface area contributed by atoms with E-state index in [4.69, 9.17) is 9.47 Å². The number of thioether (sulfide) groups is 2. The Kier molecular flexibility index (Phi) is 3.78. The van der Waals surface area contributed by atoms with Gasteiger partial charge in [-0.2, -0.15) is 0 Å². The minimum atomic E-state index is -1.28. The van der Waals surface area contributed by atoms with E-state index in [0.717, 1.165) is 17.9 Å². The highest BCUT2D eigenvalue weighted by molar-refractivity contribution is 8.17. The molecule has 0 radical (unpaired) electrons. The number of esters is 2. The molecule has 0 aromatic carbocycles. The van der Waals surface area contributed by atoms with E-state index in [9.17, 15) is 14.7 Å². The molecule has 0 aromatic rings. The van der Waals surface area contributed by atoms with Gasteiger partial charge in [-0.1, -0.05) is 6.08 Å². The first-order valence-corrected chi connectivity index (χ1v) is 8.98. The molecule has 2 saturated heterocycles. The summed E-state index contributed by atoms with van der Waals surface area (Å²) in [6.07, 6.45) is 3.34. The van der Waals surface area contributed by atoms with Crippen molar-refractivity contribution in [2.24, 2.45) is 11.3 Å². The van der Waals surface area contributed by atoms with Gasteiger partial charge in [0.25, 0.3) is 0 Å². The second-order valence-electron chi connectivity index (χ2n) is 5.71. The second kappa shape index (κ2) is 5.21. The molecule has 2 fully saturated rings. The van der Waals surface area contributed by atoms with Crippen LogP contribution in [-0.4, -0.2) is 51.9 Å². The summed E-state index contributed by atoms with van der Waals surface area (Å²) >= 11 is 3.40. The van der Waals surface area contributed by atoms with Crippen LogP contribution in [0.4, 0.5) is 0 Å². The van der Waals surface area contributed by atoms with Crippen molar-refractivity contribution >= 4 is 35.5 Å². The number of methoxy groups -OCH3 is 1. The van der Waals surface area contributed by atoms with Crippen LogP contribution in [0.5, 0.6) is 0 Å². The van der Waals surface area contributed by atoms with Gasteiger partial charge >= 0.3 is 11.9 Å². The Balaban J connectivity index is 2.10. The van der Waals surface area contributed by atoms with Crippen LogP contribution in [0.25, 0.3) is 0 Å². The molecule has 1 N–H and O–H groups in total.